The molecule has 3 amide bonds. The topological polar surface area (TPSA) is 85.4 Å². The summed E-state index contributed by atoms with van der Waals surface area (Å²) in [7, 11) is 0. The predicted octanol–water partition coefficient (Wildman–Crippen LogP) is 4.33. The fourth-order valence-corrected chi connectivity index (χ4v) is 8.88. The molecule has 0 aromatic heterocycles. The van der Waals surface area contributed by atoms with Crippen LogP contribution in [0.2, 0.25) is 0 Å². The van der Waals surface area contributed by atoms with Gasteiger partial charge in [-0.15, -0.1) is 0 Å². The monoisotopic (exact) mass is 566 g/mol. The lowest BCUT2D eigenvalue weighted by atomic mass is 9.81. The van der Waals surface area contributed by atoms with Gasteiger partial charge in [-0.2, -0.15) is 0 Å². The van der Waals surface area contributed by atoms with Crippen LogP contribution in [0.25, 0.3) is 0 Å². The Labute approximate surface area is 245 Å². The van der Waals surface area contributed by atoms with Crippen molar-refractivity contribution in [2.45, 2.75) is 114 Å². The molecule has 1 spiro atoms. The number of aliphatic hydroxyl groups is 1. The van der Waals surface area contributed by atoms with Crippen molar-refractivity contribution in [3.05, 3.63) is 35.9 Å². The van der Waals surface area contributed by atoms with Crippen LogP contribution >= 0.6 is 0 Å². The molecule has 8 nitrogen and oxygen atoms in total. The van der Waals surface area contributed by atoms with Gasteiger partial charge < -0.3 is 25.0 Å². The van der Waals surface area contributed by atoms with E-state index in [2.05, 4.69) is 46.0 Å². The number of benzene rings is 1. The van der Waals surface area contributed by atoms with Crippen LogP contribution in [0.15, 0.2) is 30.3 Å². The van der Waals surface area contributed by atoms with Gasteiger partial charge in [0.15, 0.2) is 0 Å². The number of rotatable bonds is 9. The molecule has 8 heteroatoms. The standard InChI is InChI=1S/C33H50N4O4/c1-23(2)37-32(40)35(21-24-13-16-41-17-14-24)22-33(37)19-27-9-10-28(20-33)36(27)15-12-30(25-6-4-3-5-7-25)34-31(39)26-8-11-29(38)18-26/h3-7,23-24,26-30,38H,8-22H2,1-2H3,(H,34,39)/t26?,27?,28?,29?,30-,33?/m0/s1. The van der Waals surface area contributed by atoms with E-state index in [9.17, 15) is 14.7 Å². The number of carbonyl (C=O) groups excluding carboxylic acids is 2. The molecule has 5 aliphatic rings. The van der Waals surface area contributed by atoms with Gasteiger partial charge in [0.1, 0.15) is 0 Å². The van der Waals surface area contributed by atoms with Crippen molar-refractivity contribution in [3.63, 3.8) is 0 Å². The predicted molar refractivity (Wildman–Crippen MR) is 158 cm³/mol. The quantitative estimate of drug-likeness (QED) is 0.465. The zero-order chi connectivity index (χ0) is 28.6. The Bertz CT molecular complexity index is 1050. The molecule has 4 aliphatic heterocycles. The van der Waals surface area contributed by atoms with Crippen molar-refractivity contribution in [2.24, 2.45) is 11.8 Å². The molecule has 5 fully saturated rings. The number of nitrogens with zero attached hydrogens (tertiary/aromatic N) is 3. The Hall–Kier alpha value is -2.16. The molecule has 1 aromatic carbocycles. The third-order valence-electron chi connectivity index (χ3n) is 10.8. The van der Waals surface area contributed by atoms with Crippen LogP contribution in [0.3, 0.4) is 0 Å². The van der Waals surface area contributed by atoms with Gasteiger partial charge in [-0.25, -0.2) is 4.79 Å². The molecule has 6 rings (SSSR count). The van der Waals surface area contributed by atoms with E-state index in [0.717, 1.165) is 83.4 Å². The van der Waals surface area contributed by atoms with Crippen LogP contribution < -0.4 is 5.32 Å². The van der Waals surface area contributed by atoms with Crippen molar-refractivity contribution >= 4 is 11.9 Å². The minimum Gasteiger partial charge on any atom is -0.393 e. The molecule has 1 aromatic rings. The Kier molecular flexibility index (Phi) is 8.62. The summed E-state index contributed by atoms with van der Waals surface area (Å²) >= 11 is 0. The van der Waals surface area contributed by atoms with Crippen LogP contribution in [-0.4, -0.2) is 94.4 Å². The SMILES string of the molecule is CC(C)N1C(=O)N(CC2CCOCC2)CC12CC1CCC(C2)N1CC[C@H](NC(=O)C1CCC(O)C1)c1ccccc1. The second-order valence-electron chi connectivity index (χ2n) is 13.9. The van der Waals surface area contributed by atoms with Gasteiger partial charge in [0.05, 0.1) is 17.7 Å². The highest BCUT2D eigenvalue weighted by Crippen LogP contribution is 2.48. The average Bonchev–Trinajstić information content (AvgIpc) is 3.59. The molecular formula is C33H50N4O4. The minimum absolute atomic E-state index is 0.0353. The summed E-state index contributed by atoms with van der Waals surface area (Å²) in [5.41, 5.74) is 1.08. The van der Waals surface area contributed by atoms with Crippen LogP contribution in [0.1, 0.15) is 89.7 Å². The summed E-state index contributed by atoms with van der Waals surface area (Å²) in [6, 6.07) is 11.7. The lowest BCUT2D eigenvalue weighted by Crippen LogP contribution is -2.60. The molecule has 1 saturated carbocycles. The molecule has 5 atom stereocenters. The number of ether oxygens (including phenoxy) is 1. The summed E-state index contributed by atoms with van der Waals surface area (Å²) in [4.78, 5) is 34.0. The molecule has 4 unspecified atom stereocenters. The number of nitrogens with one attached hydrogen (secondary N) is 1. The van der Waals surface area contributed by atoms with Gasteiger partial charge in [-0.1, -0.05) is 30.3 Å². The Morgan fingerprint density at radius 1 is 1.05 bits per heavy atom. The van der Waals surface area contributed by atoms with E-state index in [4.69, 9.17) is 4.74 Å². The van der Waals surface area contributed by atoms with Crippen molar-refractivity contribution in [2.75, 3.05) is 32.8 Å². The van der Waals surface area contributed by atoms with Gasteiger partial charge >= 0.3 is 6.03 Å². The van der Waals surface area contributed by atoms with Crippen molar-refractivity contribution < 1.29 is 19.4 Å². The van der Waals surface area contributed by atoms with E-state index < -0.39 is 0 Å². The maximum Gasteiger partial charge on any atom is 0.320 e. The van der Waals surface area contributed by atoms with Crippen molar-refractivity contribution in [1.29, 1.82) is 0 Å². The number of hydrogen-bond donors (Lipinski definition) is 2. The fourth-order valence-electron chi connectivity index (χ4n) is 8.88. The fraction of sp³-hybridized carbons (Fsp3) is 0.758. The molecule has 1 aliphatic carbocycles. The van der Waals surface area contributed by atoms with Crippen molar-refractivity contribution in [3.8, 4) is 0 Å². The largest absolute Gasteiger partial charge is 0.393 e. The first kappa shape index (κ1) is 28.9. The van der Waals surface area contributed by atoms with Crippen molar-refractivity contribution in [1.82, 2.24) is 20.0 Å². The summed E-state index contributed by atoms with van der Waals surface area (Å²) in [6.07, 6.45) is 9.15. The first-order chi connectivity index (χ1) is 19.8. The third kappa shape index (κ3) is 6.02. The number of aliphatic hydroxyl groups excluding tert-OH is 1. The van der Waals surface area contributed by atoms with Crippen LogP contribution in [0.5, 0.6) is 0 Å². The Balaban J connectivity index is 1.13. The average molecular weight is 567 g/mol. The number of amides is 3. The lowest BCUT2D eigenvalue weighted by molar-refractivity contribution is -0.125. The van der Waals surface area contributed by atoms with E-state index in [1.165, 1.54) is 12.8 Å². The van der Waals surface area contributed by atoms with Gasteiger partial charge in [0, 0.05) is 56.9 Å². The number of urea groups is 1. The van der Waals surface area contributed by atoms with Crippen LogP contribution in [-0.2, 0) is 9.53 Å². The van der Waals surface area contributed by atoms with E-state index >= 15 is 0 Å². The molecule has 4 heterocycles. The van der Waals surface area contributed by atoms with Gasteiger partial charge in [0.2, 0.25) is 5.91 Å². The minimum atomic E-state index is -0.349. The second-order valence-corrected chi connectivity index (χ2v) is 13.9. The molecular weight excluding hydrogens is 516 g/mol. The molecule has 0 radical (unpaired) electrons. The maximum absolute atomic E-state index is 13.8. The zero-order valence-corrected chi connectivity index (χ0v) is 25.0. The highest BCUT2D eigenvalue weighted by molar-refractivity contribution is 5.79. The van der Waals surface area contributed by atoms with Crippen LogP contribution in [0.4, 0.5) is 4.79 Å². The van der Waals surface area contributed by atoms with E-state index in [-0.39, 0.29) is 41.6 Å². The number of carbonyl (C=O) groups is 2. The third-order valence-corrected chi connectivity index (χ3v) is 10.8. The molecule has 226 valence electrons. The normalized spacial score (nSPS) is 33.3. The number of piperidine rings is 1. The van der Waals surface area contributed by atoms with E-state index in [0.29, 0.717) is 24.4 Å². The summed E-state index contributed by atoms with van der Waals surface area (Å²) in [5, 5.41) is 13.3. The summed E-state index contributed by atoms with van der Waals surface area (Å²) in [6.45, 7) is 8.67. The van der Waals surface area contributed by atoms with Crippen LogP contribution in [0, 0.1) is 11.8 Å². The first-order valence-corrected chi connectivity index (χ1v) is 16.3. The smallest absolute Gasteiger partial charge is 0.320 e. The first-order valence-electron chi connectivity index (χ1n) is 16.3. The Morgan fingerprint density at radius 3 is 2.39 bits per heavy atom. The van der Waals surface area contributed by atoms with Gasteiger partial charge in [0.25, 0.3) is 0 Å². The highest BCUT2D eigenvalue weighted by atomic mass is 16.5. The zero-order valence-electron chi connectivity index (χ0n) is 25.0. The van der Waals surface area contributed by atoms with E-state index in [1.807, 2.05) is 18.2 Å². The van der Waals surface area contributed by atoms with Gasteiger partial charge in [-0.3, -0.25) is 9.69 Å². The molecule has 4 saturated heterocycles. The molecule has 2 bridgehead atoms. The molecule has 41 heavy (non-hydrogen) atoms. The summed E-state index contributed by atoms with van der Waals surface area (Å²) < 4.78 is 5.57. The maximum atomic E-state index is 13.8. The second kappa shape index (κ2) is 12.2. The molecule has 2 N–H and O–H groups in total. The van der Waals surface area contributed by atoms with E-state index in [1.54, 1.807) is 0 Å². The summed E-state index contributed by atoms with van der Waals surface area (Å²) in [5.74, 6) is 0.539. The Morgan fingerprint density at radius 2 is 1.76 bits per heavy atom. The van der Waals surface area contributed by atoms with Gasteiger partial charge in [-0.05, 0) is 89.5 Å². The lowest BCUT2D eigenvalue weighted by Gasteiger charge is -2.49. The highest BCUT2D eigenvalue weighted by Gasteiger charge is 2.57. The number of fused-ring (bicyclic) bond motifs is 2. The number of hydrogen-bond acceptors (Lipinski definition) is 5.